The van der Waals surface area contributed by atoms with E-state index in [0.29, 0.717) is 17.4 Å². The molecule has 0 saturated carbocycles. The fourth-order valence-corrected chi connectivity index (χ4v) is 2.29. The Morgan fingerprint density at radius 1 is 0.762 bits per heavy atom. The molecule has 0 aliphatic carbocycles. The average Bonchev–Trinajstić information content (AvgIpc) is 3.09. The van der Waals surface area contributed by atoms with Crippen LogP contribution in [0, 0.1) is 0 Å². The molecule has 0 fully saturated rings. The molecular weight excluding hydrogens is 262 g/mol. The Hall–Kier alpha value is -3.01. The lowest BCUT2D eigenvalue weighted by Gasteiger charge is -2.03. The zero-order valence-electron chi connectivity index (χ0n) is 11.1. The molecule has 0 bridgehead atoms. The number of benzene rings is 2. The number of hydrogen-bond acceptors (Lipinski definition) is 4. The van der Waals surface area contributed by atoms with E-state index in [1.165, 1.54) is 11.7 Å². The summed E-state index contributed by atoms with van der Waals surface area (Å²) in [4.78, 5) is 12.9. The van der Waals surface area contributed by atoms with Gasteiger partial charge in [-0.1, -0.05) is 36.4 Å². The molecule has 0 unspecified atom stereocenters. The van der Waals surface area contributed by atoms with Crippen LogP contribution in [-0.4, -0.2) is 15.0 Å². The highest BCUT2D eigenvalue weighted by molar-refractivity contribution is 5.86. The van der Waals surface area contributed by atoms with Gasteiger partial charge in [0.25, 0.3) is 0 Å². The van der Waals surface area contributed by atoms with Crippen LogP contribution in [0.4, 0.5) is 0 Å². The molecule has 2 aromatic carbocycles. The maximum atomic E-state index is 5.33. The van der Waals surface area contributed by atoms with Gasteiger partial charge < -0.3 is 4.42 Å². The number of furan rings is 1. The third-order valence-corrected chi connectivity index (χ3v) is 3.32. The van der Waals surface area contributed by atoms with E-state index in [4.69, 9.17) is 4.42 Å². The quantitative estimate of drug-likeness (QED) is 0.555. The highest BCUT2D eigenvalue weighted by Gasteiger charge is 2.08. The molecule has 0 spiro atoms. The van der Waals surface area contributed by atoms with Crippen LogP contribution in [0.15, 0.2) is 71.6 Å². The number of rotatable bonds is 2. The Bertz CT molecular complexity index is 901. The molecule has 2 aromatic heterocycles. The molecule has 0 radical (unpaired) electrons. The van der Waals surface area contributed by atoms with Crippen molar-refractivity contribution in [2.45, 2.75) is 0 Å². The minimum Gasteiger partial charge on any atom is -0.461 e. The molecule has 0 saturated heterocycles. The van der Waals surface area contributed by atoms with E-state index < -0.39 is 0 Å². The van der Waals surface area contributed by atoms with Crippen LogP contribution in [0.3, 0.4) is 0 Å². The van der Waals surface area contributed by atoms with Gasteiger partial charge in [0.1, 0.15) is 6.33 Å². The summed E-state index contributed by atoms with van der Waals surface area (Å²) in [6.07, 6.45) is 3.12. The van der Waals surface area contributed by atoms with Gasteiger partial charge in [-0.3, -0.25) is 0 Å². The first-order valence-electron chi connectivity index (χ1n) is 6.62. The van der Waals surface area contributed by atoms with Crippen molar-refractivity contribution in [3.05, 3.63) is 67.2 Å². The van der Waals surface area contributed by atoms with Crippen LogP contribution in [0.1, 0.15) is 0 Å². The molecule has 0 atom stereocenters. The third-order valence-electron chi connectivity index (χ3n) is 3.32. The maximum absolute atomic E-state index is 5.33. The van der Waals surface area contributed by atoms with Crippen molar-refractivity contribution in [1.29, 1.82) is 0 Å². The fourth-order valence-electron chi connectivity index (χ4n) is 2.29. The van der Waals surface area contributed by atoms with Crippen molar-refractivity contribution in [2.24, 2.45) is 0 Å². The molecule has 4 heteroatoms. The summed E-state index contributed by atoms with van der Waals surface area (Å²) in [7, 11) is 0. The second kappa shape index (κ2) is 4.83. The van der Waals surface area contributed by atoms with Crippen molar-refractivity contribution >= 4 is 10.8 Å². The lowest BCUT2D eigenvalue weighted by Crippen LogP contribution is -1.94. The SMILES string of the molecule is c1coc(-c2ncnc(-c3ccc4ccccc4c3)n2)c1. The first kappa shape index (κ1) is 11.8. The summed E-state index contributed by atoms with van der Waals surface area (Å²) >= 11 is 0. The van der Waals surface area contributed by atoms with E-state index >= 15 is 0 Å². The maximum Gasteiger partial charge on any atom is 0.199 e. The van der Waals surface area contributed by atoms with Gasteiger partial charge >= 0.3 is 0 Å². The van der Waals surface area contributed by atoms with Gasteiger partial charge in [-0.25, -0.2) is 15.0 Å². The Labute approximate surface area is 121 Å². The third kappa shape index (κ3) is 2.17. The normalized spacial score (nSPS) is 10.9. The second-order valence-electron chi connectivity index (χ2n) is 4.67. The van der Waals surface area contributed by atoms with E-state index in [9.17, 15) is 0 Å². The molecule has 4 aromatic rings. The van der Waals surface area contributed by atoms with Crippen LogP contribution in [-0.2, 0) is 0 Å². The Balaban J connectivity index is 1.83. The van der Waals surface area contributed by atoms with Crippen LogP contribution in [0.5, 0.6) is 0 Å². The Morgan fingerprint density at radius 2 is 1.62 bits per heavy atom. The number of hydrogen-bond donors (Lipinski definition) is 0. The van der Waals surface area contributed by atoms with E-state index in [1.807, 2.05) is 30.3 Å². The van der Waals surface area contributed by atoms with Crippen molar-refractivity contribution in [3.63, 3.8) is 0 Å². The summed E-state index contributed by atoms with van der Waals surface area (Å²) in [5.74, 6) is 1.82. The second-order valence-corrected chi connectivity index (χ2v) is 4.67. The average molecular weight is 273 g/mol. The van der Waals surface area contributed by atoms with E-state index in [1.54, 1.807) is 6.26 Å². The molecule has 4 nitrogen and oxygen atoms in total. The van der Waals surface area contributed by atoms with E-state index in [2.05, 4.69) is 39.2 Å². The van der Waals surface area contributed by atoms with Crippen molar-refractivity contribution in [3.8, 4) is 23.0 Å². The first-order chi connectivity index (χ1) is 10.4. The van der Waals surface area contributed by atoms with E-state index in [0.717, 1.165) is 10.9 Å². The molecule has 0 N–H and O–H groups in total. The summed E-state index contributed by atoms with van der Waals surface area (Å²) in [5.41, 5.74) is 0.962. The van der Waals surface area contributed by atoms with Gasteiger partial charge in [0, 0.05) is 5.56 Å². The highest BCUT2D eigenvalue weighted by Crippen LogP contribution is 2.23. The molecular formula is C17H11N3O. The summed E-state index contributed by atoms with van der Waals surface area (Å²) in [6.45, 7) is 0. The standard InChI is InChI=1S/C17H11N3O/c1-2-5-13-10-14(8-7-12(13)4-1)16-18-11-19-17(20-16)15-6-3-9-21-15/h1-11H. The Morgan fingerprint density at radius 3 is 2.48 bits per heavy atom. The zero-order valence-corrected chi connectivity index (χ0v) is 11.1. The Kier molecular flexibility index (Phi) is 2.71. The molecule has 0 amide bonds. The molecule has 2 heterocycles. The summed E-state index contributed by atoms with van der Waals surface area (Å²) < 4.78 is 5.33. The van der Waals surface area contributed by atoms with Crippen molar-refractivity contribution in [1.82, 2.24) is 15.0 Å². The lowest BCUT2D eigenvalue weighted by molar-refractivity contribution is 0.577. The van der Waals surface area contributed by atoms with Gasteiger partial charge in [-0.05, 0) is 29.0 Å². The summed E-state index contributed by atoms with van der Waals surface area (Å²) in [6, 6.07) is 18.0. The predicted octanol–water partition coefficient (Wildman–Crippen LogP) is 3.95. The van der Waals surface area contributed by atoms with Gasteiger partial charge in [-0.2, -0.15) is 0 Å². The van der Waals surface area contributed by atoms with Gasteiger partial charge in [0.2, 0.25) is 0 Å². The lowest BCUT2D eigenvalue weighted by atomic mass is 10.1. The highest BCUT2D eigenvalue weighted by atomic mass is 16.3. The fraction of sp³-hybridized carbons (Fsp3) is 0. The molecule has 4 rings (SSSR count). The topological polar surface area (TPSA) is 51.8 Å². The van der Waals surface area contributed by atoms with Gasteiger partial charge in [0.05, 0.1) is 6.26 Å². The van der Waals surface area contributed by atoms with Crippen LogP contribution >= 0.6 is 0 Å². The van der Waals surface area contributed by atoms with Crippen LogP contribution in [0.2, 0.25) is 0 Å². The molecule has 0 aliphatic heterocycles. The van der Waals surface area contributed by atoms with E-state index in [-0.39, 0.29) is 0 Å². The first-order valence-corrected chi connectivity index (χ1v) is 6.62. The smallest absolute Gasteiger partial charge is 0.199 e. The number of nitrogens with zero attached hydrogens (tertiary/aromatic N) is 3. The molecule has 21 heavy (non-hydrogen) atoms. The largest absolute Gasteiger partial charge is 0.461 e. The van der Waals surface area contributed by atoms with Crippen molar-refractivity contribution < 1.29 is 4.42 Å². The van der Waals surface area contributed by atoms with Crippen LogP contribution in [0.25, 0.3) is 33.7 Å². The minimum atomic E-state index is 0.540. The van der Waals surface area contributed by atoms with Gasteiger partial charge in [0.15, 0.2) is 17.4 Å². The van der Waals surface area contributed by atoms with Crippen LogP contribution < -0.4 is 0 Å². The predicted molar refractivity (Wildman–Crippen MR) is 80.5 cm³/mol. The minimum absolute atomic E-state index is 0.540. The van der Waals surface area contributed by atoms with Gasteiger partial charge in [-0.15, -0.1) is 0 Å². The molecule has 100 valence electrons. The van der Waals surface area contributed by atoms with Crippen molar-refractivity contribution in [2.75, 3.05) is 0 Å². The molecule has 0 aliphatic rings. The monoisotopic (exact) mass is 273 g/mol. The number of aromatic nitrogens is 3. The number of fused-ring (bicyclic) bond motifs is 1. The zero-order chi connectivity index (χ0) is 14.1. The summed E-state index contributed by atoms with van der Waals surface area (Å²) in [5, 5.41) is 2.36.